The van der Waals surface area contributed by atoms with Gasteiger partial charge < -0.3 is 9.80 Å². The van der Waals surface area contributed by atoms with Crippen LogP contribution in [-0.2, 0) is 0 Å². The molecule has 0 heterocycles. The van der Waals surface area contributed by atoms with Gasteiger partial charge in [-0.15, -0.1) is 0 Å². The number of para-hydroxylation sites is 2. The first-order valence-electron chi connectivity index (χ1n) is 26.3. The van der Waals surface area contributed by atoms with E-state index < -0.39 is 0 Å². The summed E-state index contributed by atoms with van der Waals surface area (Å²) in [6, 6.07) is 108. The number of fused-ring (bicyclic) bond motifs is 2. The van der Waals surface area contributed by atoms with Crippen molar-refractivity contribution in [1.29, 1.82) is 0 Å². The lowest BCUT2D eigenvalue weighted by molar-refractivity contribution is 0.838. The van der Waals surface area contributed by atoms with Crippen molar-refractivity contribution in [2.24, 2.45) is 0 Å². The lowest BCUT2D eigenvalue weighted by Gasteiger charge is -2.33. The largest absolute Gasteiger partial charge is 0.334 e. The van der Waals surface area contributed by atoms with Crippen LogP contribution in [0.25, 0.3) is 89.7 Å². The number of hydrogen-bond donors (Lipinski definition) is 0. The maximum Gasteiger partial charge on any atom is 0.0566 e. The van der Waals surface area contributed by atoms with Gasteiger partial charge in [-0.05, 0) is 155 Å². The Bertz CT molecular complexity index is 4050. The molecule has 0 saturated carbocycles. The quantitative estimate of drug-likeness (QED) is 0.120. The first-order valence-corrected chi connectivity index (χ1v) is 26.3. The van der Waals surface area contributed by atoms with Gasteiger partial charge in [0, 0.05) is 28.4 Å². The molecule has 76 heavy (non-hydrogen) atoms. The molecule has 0 spiro atoms. The highest BCUT2D eigenvalue weighted by Crippen LogP contribution is 2.42. The normalized spacial score (nSPS) is 12.8. The molecule has 12 aromatic carbocycles. The first-order chi connectivity index (χ1) is 37.7. The number of rotatable bonds is 12. The summed E-state index contributed by atoms with van der Waals surface area (Å²) in [5.74, 6) is 0. The summed E-state index contributed by atoms with van der Waals surface area (Å²) in [7, 11) is 0. The van der Waals surface area contributed by atoms with E-state index in [1.54, 1.807) is 0 Å². The third-order valence-electron chi connectivity index (χ3n) is 15.0. The summed E-state index contributed by atoms with van der Waals surface area (Å²) < 4.78 is 0. The van der Waals surface area contributed by atoms with Crippen LogP contribution in [0.1, 0.15) is 6.42 Å². The van der Waals surface area contributed by atoms with E-state index in [1.165, 1.54) is 88.0 Å². The van der Waals surface area contributed by atoms with Crippen LogP contribution in [0.15, 0.2) is 297 Å². The maximum absolute atomic E-state index is 2.56. The van der Waals surface area contributed by atoms with Gasteiger partial charge in [-0.25, -0.2) is 0 Å². The van der Waals surface area contributed by atoms with Crippen LogP contribution in [-0.4, -0.2) is 6.04 Å². The number of nitrogens with zero attached hydrogens (tertiary/aromatic N) is 2. The first kappa shape index (κ1) is 46.1. The van der Waals surface area contributed by atoms with E-state index in [0.717, 1.165) is 34.9 Å². The molecule has 0 saturated heterocycles. The van der Waals surface area contributed by atoms with E-state index in [-0.39, 0.29) is 6.04 Å². The third-order valence-corrected chi connectivity index (χ3v) is 15.0. The van der Waals surface area contributed by atoms with E-state index in [9.17, 15) is 0 Å². The maximum atomic E-state index is 2.56. The van der Waals surface area contributed by atoms with Gasteiger partial charge in [-0.2, -0.15) is 0 Å². The van der Waals surface area contributed by atoms with Crippen molar-refractivity contribution in [3.8, 4) is 66.8 Å². The molecule has 12 aromatic rings. The molecular weight excluding hydrogens is 917 g/mol. The third kappa shape index (κ3) is 9.08. The van der Waals surface area contributed by atoms with Gasteiger partial charge in [0.15, 0.2) is 0 Å². The van der Waals surface area contributed by atoms with Crippen molar-refractivity contribution < 1.29 is 0 Å². The molecule has 0 amide bonds. The predicted molar refractivity (Wildman–Crippen MR) is 323 cm³/mol. The lowest BCUT2D eigenvalue weighted by Crippen LogP contribution is -2.40. The minimum Gasteiger partial charge on any atom is -0.334 e. The predicted octanol–water partition coefficient (Wildman–Crippen LogP) is 18.5. The number of benzene rings is 12. The van der Waals surface area contributed by atoms with Crippen LogP contribution in [0.4, 0.5) is 28.4 Å². The van der Waals surface area contributed by atoms with Crippen LogP contribution in [0, 0.1) is 0 Å². The lowest BCUT2D eigenvalue weighted by atomic mass is 9.84. The molecule has 2 nitrogen and oxygen atoms in total. The van der Waals surface area contributed by atoms with Crippen molar-refractivity contribution in [2.45, 2.75) is 12.5 Å². The van der Waals surface area contributed by atoms with Crippen LogP contribution < -0.4 is 20.2 Å². The van der Waals surface area contributed by atoms with Crippen LogP contribution in [0.5, 0.6) is 0 Å². The molecule has 0 fully saturated rings. The fraction of sp³-hybridized carbons (Fsp3) is 0.0270. The monoisotopic (exact) mass is 970 g/mol. The molecule has 0 N–H and O–H groups in total. The second-order valence-corrected chi connectivity index (χ2v) is 19.6. The Kier molecular flexibility index (Phi) is 12.5. The molecule has 0 aromatic heterocycles. The second-order valence-electron chi connectivity index (χ2n) is 19.6. The summed E-state index contributed by atoms with van der Waals surface area (Å²) in [6.45, 7) is 0. The fourth-order valence-corrected chi connectivity index (χ4v) is 11.3. The summed E-state index contributed by atoms with van der Waals surface area (Å²) in [6.07, 6.45) is 5.90. The van der Waals surface area contributed by atoms with E-state index in [1.807, 2.05) is 0 Å². The van der Waals surface area contributed by atoms with Crippen molar-refractivity contribution in [3.63, 3.8) is 0 Å². The molecular formula is C74H54N2. The van der Waals surface area contributed by atoms with Crippen molar-refractivity contribution in [2.75, 3.05) is 9.80 Å². The molecule has 13 rings (SSSR count). The average Bonchev–Trinajstić information content (AvgIpc) is 3.52. The Hall–Kier alpha value is -9.76. The van der Waals surface area contributed by atoms with E-state index in [0.29, 0.717) is 0 Å². The second kappa shape index (κ2) is 20.6. The summed E-state index contributed by atoms with van der Waals surface area (Å²) in [4.78, 5) is 4.93. The molecule has 1 atom stereocenters. The molecule has 0 radical (unpaired) electrons. The van der Waals surface area contributed by atoms with Gasteiger partial charge in [0.25, 0.3) is 0 Å². The zero-order chi connectivity index (χ0) is 50.6. The smallest absolute Gasteiger partial charge is 0.0566 e. The molecule has 0 bridgehead atoms. The fourth-order valence-electron chi connectivity index (χ4n) is 11.3. The minimum absolute atomic E-state index is 0.0114. The summed E-state index contributed by atoms with van der Waals surface area (Å²) >= 11 is 0. The Balaban J connectivity index is 1.05. The molecule has 1 aliphatic rings. The highest BCUT2D eigenvalue weighted by atomic mass is 15.2. The Morgan fingerprint density at radius 2 is 0.566 bits per heavy atom. The Labute approximate surface area is 445 Å². The van der Waals surface area contributed by atoms with Crippen molar-refractivity contribution in [3.05, 3.63) is 308 Å². The van der Waals surface area contributed by atoms with E-state index >= 15 is 0 Å². The Morgan fingerprint density at radius 1 is 0.250 bits per heavy atom. The van der Waals surface area contributed by atoms with Gasteiger partial charge in [-0.3, -0.25) is 0 Å². The van der Waals surface area contributed by atoms with E-state index in [2.05, 4.69) is 319 Å². The highest BCUT2D eigenvalue weighted by molar-refractivity contribution is 6.08. The summed E-state index contributed by atoms with van der Waals surface area (Å²) in [5, 5.41) is 4.89. The Morgan fingerprint density at radius 3 is 1.01 bits per heavy atom. The SMILES string of the molecule is C1=c2c(-c3ccc(-c4ccccc4)cc3)c3ccc(N(c4ccccc4)c4ccc(-c5ccccc5)cc4)cc3c(-c3ccc(-c4ccccc4)cc3)c2=CCC1N(c1ccccc1)c1ccc(-c2ccccc2)cc1. The van der Waals surface area contributed by atoms with Crippen molar-refractivity contribution in [1.82, 2.24) is 0 Å². The molecule has 1 aliphatic carbocycles. The topological polar surface area (TPSA) is 6.48 Å². The molecule has 2 heteroatoms. The van der Waals surface area contributed by atoms with Gasteiger partial charge in [0.1, 0.15) is 0 Å². The summed E-state index contributed by atoms with van der Waals surface area (Å²) in [5.41, 5.74) is 20.0. The number of hydrogen-bond acceptors (Lipinski definition) is 2. The average molecular weight is 971 g/mol. The zero-order valence-electron chi connectivity index (χ0n) is 42.1. The van der Waals surface area contributed by atoms with Gasteiger partial charge >= 0.3 is 0 Å². The van der Waals surface area contributed by atoms with Gasteiger partial charge in [-0.1, -0.05) is 249 Å². The van der Waals surface area contributed by atoms with Crippen LogP contribution >= 0.6 is 0 Å². The molecule has 0 aliphatic heterocycles. The standard InChI is InChI=1S/C74H54N2/c1-7-19-53(20-8-1)57-31-35-61(36-32-57)73-69-49-47-68(76(64-29-17-6-18-30-64)66-45-41-60(42-46-66)56-25-13-4-14-26-56)52-72(69)74(62-37-33-58(34-38-62)54-21-9-2-10-22-54)70-50-48-67(51-71(70)73)75(63-27-15-5-16-28-63)65-43-39-59(40-44-65)55-23-11-3-12-24-55/h1-47,49-52,67H,48H2. The zero-order valence-corrected chi connectivity index (χ0v) is 42.1. The van der Waals surface area contributed by atoms with Gasteiger partial charge in [0.05, 0.1) is 6.04 Å². The van der Waals surface area contributed by atoms with Gasteiger partial charge in [0.2, 0.25) is 0 Å². The van der Waals surface area contributed by atoms with Crippen LogP contribution in [0.3, 0.4) is 0 Å². The van der Waals surface area contributed by atoms with E-state index in [4.69, 9.17) is 0 Å². The number of anilines is 5. The molecule has 1 unspecified atom stereocenters. The van der Waals surface area contributed by atoms with Crippen LogP contribution in [0.2, 0.25) is 0 Å². The highest BCUT2D eigenvalue weighted by Gasteiger charge is 2.25. The molecule has 360 valence electrons. The van der Waals surface area contributed by atoms with Crippen molar-refractivity contribution >= 4 is 51.4 Å². The minimum atomic E-state index is 0.0114.